The smallest absolute Gasteiger partial charge is 0.319 e. The molecule has 25 heavy (non-hydrogen) atoms. The van der Waals surface area contributed by atoms with Crippen molar-refractivity contribution in [3.8, 4) is 0 Å². The van der Waals surface area contributed by atoms with Crippen LogP contribution in [0.15, 0.2) is 24.3 Å². The van der Waals surface area contributed by atoms with E-state index in [1.54, 1.807) is 0 Å². The van der Waals surface area contributed by atoms with Crippen LogP contribution in [-0.4, -0.2) is 60.5 Å². The minimum Gasteiger partial charge on any atom is -0.342 e. The molecule has 0 bridgehead atoms. The number of nitrogens with zero attached hydrogens (tertiary/aromatic N) is 2. The molecule has 2 N–H and O–H groups in total. The molecule has 0 spiro atoms. The Morgan fingerprint density at radius 2 is 1.80 bits per heavy atom. The summed E-state index contributed by atoms with van der Waals surface area (Å²) in [4.78, 5) is 28.4. The van der Waals surface area contributed by atoms with Crippen LogP contribution in [0.3, 0.4) is 0 Å². The van der Waals surface area contributed by atoms with E-state index in [4.69, 9.17) is 0 Å². The van der Waals surface area contributed by atoms with Crippen LogP contribution in [0.25, 0.3) is 0 Å². The Kier molecular flexibility index (Phi) is 5.86. The molecule has 2 heterocycles. The van der Waals surface area contributed by atoms with E-state index in [1.165, 1.54) is 30.7 Å². The van der Waals surface area contributed by atoms with Gasteiger partial charge in [0.2, 0.25) is 5.91 Å². The first kappa shape index (κ1) is 17.7. The highest BCUT2D eigenvalue weighted by molar-refractivity contribution is 5.89. The molecule has 1 aromatic carbocycles. The summed E-state index contributed by atoms with van der Waals surface area (Å²) in [5, 5.41) is 5.61. The number of piperidine rings is 1. The Bertz CT molecular complexity index is 602. The molecule has 2 aliphatic rings. The van der Waals surface area contributed by atoms with Crippen LogP contribution in [0, 0.1) is 5.82 Å². The van der Waals surface area contributed by atoms with Crippen molar-refractivity contribution in [1.29, 1.82) is 0 Å². The van der Waals surface area contributed by atoms with Gasteiger partial charge in [-0.15, -0.1) is 0 Å². The van der Waals surface area contributed by atoms with E-state index >= 15 is 0 Å². The average molecular weight is 348 g/mol. The van der Waals surface area contributed by atoms with E-state index in [0.717, 1.165) is 38.9 Å². The van der Waals surface area contributed by atoms with E-state index in [2.05, 4.69) is 15.5 Å². The first-order chi connectivity index (χ1) is 12.1. The maximum atomic E-state index is 12.9. The number of urea groups is 1. The van der Waals surface area contributed by atoms with Gasteiger partial charge in [-0.25, -0.2) is 9.18 Å². The van der Waals surface area contributed by atoms with Crippen LogP contribution >= 0.6 is 0 Å². The van der Waals surface area contributed by atoms with Crippen LogP contribution in [0.4, 0.5) is 14.9 Å². The normalized spacial score (nSPS) is 21.2. The lowest BCUT2D eigenvalue weighted by molar-refractivity contribution is -0.133. The third-order valence-corrected chi connectivity index (χ3v) is 4.78. The Balaban J connectivity index is 1.40. The number of carbonyl (C=O) groups is 2. The molecule has 0 unspecified atom stereocenters. The number of hydrogen-bond acceptors (Lipinski definition) is 3. The van der Waals surface area contributed by atoms with Gasteiger partial charge in [0, 0.05) is 37.9 Å². The average Bonchev–Trinajstić information content (AvgIpc) is 3.04. The zero-order valence-electron chi connectivity index (χ0n) is 14.3. The Morgan fingerprint density at radius 1 is 1.08 bits per heavy atom. The molecular weight excluding hydrogens is 323 g/mol. The zero-order chi connectivity index (χ0) is 17.6. The first-order valence-corrected chi connectivity index (χ1v) is 8.93. The molecule has 0 radical (unpaired) electrons. The van der Waals surface area contributed by atoms with Crippen molar-refractivity contribution >= 4 is 17.6 Å². The lowest BCUT2D eigenvalue weighted by Crippen LogP contribution is -2.44. The van der Waals surface area contributed by atoms with Crippen LogP contribution in [0.1, 0.15) is 25.7 Å². The number of hydrogen-bond donors (Lipinski definition) is 2. The predicted molar refractivity (Wildman–Crippen MR) is 93.8 cm³/mol. The van der Waals surface area contributed by atoms with Gasteiger partial charge in [0.1, 0.15) is 5.82 Å². The third-order valence-electron chi connectivity index (χ3n) is 4.78. The van der Waals surface area contributed by atoms with Gasteiger partial charge in [-0.3, -0.25) is 9.69 Å². The van der Waals surface area contributed by atoms with Gasteiger partial charge in [0.15, 0.2) is 0 Å². The summed E-state index contributed by atoms with van der Waals surface area (Å²) in [5.41, 5.74) is 0.550. The lowest BCUT2D eigenvalue weighted by Gasteiger charge is -2.28. The zero-order valence-corrected chi connectivity index (χ0v) is 14.3. The third kappa shape index (κ3) is 5.16. The van der Waals surface area contributed by atoms with E-state index in [-0.39, 0.29) is 23.8 Å². The number of anilines is 1. The highest BCUT2D eigenvalue weighted by Crippen LogP contribution is 2.13. The summed E-state index contributed by atoms with van der Waals surface area (Å²) in [6.45, 7) is 3.65. The summed E-state index contributed by atoms with van der Waals surface area (Å²) in [7, 11) is 0. The fraction of sp³-hybridized carbons (Fsp3) is 0.556. The molecule has 3 rings (SSSR count). The van der Waals surface area contributed by atoms with Crippen LogP contribution < -0.4 is 10.6 Å². The van der Waals surface area contributed by atoms with Crippen molar-refractivity contribution in [2.45, 2.75) is 31.7 Å². The van der Waals surface area contributed by atoms with Crippen molar-refractivity contribution < 1.29 is 14.0 Å². The number of likely N-dealkylation sites (tertiary alicyclic amines) is 2. The molecular formula is C18H25FN4O2. The molecule has 6 nitrogen and oxygen atoms in total. The fourth-order valence-corrected chi connectivity index (χ4v) is 3.41. The van der Waals surface area contributed by atoms with Crippen LogP contribution in [-0.2, 0) is 4.79 Å². The second-order valence-electron chi connectivity index (χ2n) is 6.77. The molecule has 2 saturated heterocycles. The summed E-state index contributed by atoms with van der Waals surface area (Å²) < 4.78 is 12.9. The number of benzene rings is 1. The van der Waals surface area contributed by atoms with Crippen molar-refractivity contribution in [1.82, 2.24) is 15.1 Å². The van der Waals surface area contributed by atoms with E-state index < -0.39 is 0 Å². The van der Waals surface area contributed by atoms with E-state index in [1.807, 2.05) is 4.90 Å². The summed E-state index contributed by atoms with van der Waals surface area (Å²) >= 11 is 0. The molecule has 136 valence electrons. The molecule has 3 amide bonds. The topological polar surface area (TPSA) is 64.7 Å². The van der Waals surface area contributed by atoms with Crippen molar-refractivity contribution in [3.63, 3.8) is 0 Å². The summed E-state index contributed by atoms with van der Waals surface area (Å²) in [5.74, 6) is -0.146. The largest absolute Gasteiger partial charge is 0.342 e. The number of carbonyl (C=O) groups excluding carboxylic acids is 2. The minimum absolute atomic E-state index is 0.0228. The second-order valence-corrected chi connectivity index (χ2v) is 6.77. The van der Waals surface area contributed by atoms with Crippen molar-refractivity contribution in [3.05, 3.63) is 30.1 Å². The van der Waals surface area contributed by atoms with Gasteiger partial charge in [-0.05, 0) is 49.9 Å². The minimum atomic E-state index is -0.337. The summed E-state index contributed by atoms with van der Waals surface area (Å²) in [6.07, 6.45) is 4.23. The van der Waals surface area contributed by atoms with E-state index in [9.17, 15) is 14.0 Å². The molecule has 2 fully saturated rings. The van der Waals surface area contributed by atoms with Gasteiger partial charge in [0.25, 0.3) is 0 Å². The van der Waals surface area contributed by atoms with E-state index in [0.29, 0.717) is 18.8 Å². The Hall–Kier alpha value is -2.15. The van der Waals surface area contributed by atoms with Crippen molar-refractivity contribution in [2.24, 2.45) is 0 Å². The Morgan fingerprint density at radius 3 is 2.52 bits per heavy atom. The first-order valence-electron chi connectivity index (χ1n) is 8.93. The van der Waals surface area contributed by atoms with Gasteiger partial charge in [-0.2, -0.15) is 0 Å². The molecule has 1 aromatic rings. The van der Waals surface area contributed by atoms with Crippen LogP contribution in [0.5, 0.6) is 0 Å². The lowest BCUT2D eigenvalue weighted by atomic mass is 10.1. The molecule has 7 heteroatoms. The summed E-state index contributed by atoms with van der Waals surface area (Å²) in [6, 6.07) is 5.37. The van der Waals surface area contributed by atoms with Crippen molar-refractivity contribution in [2.75, 3.05) is 38.0 Å². The molecule has 0 aliphatic carbocycles. The second kappa shape index (κ2) is 8.29. The van der Waals surface area contributed by atoms with Gasteiger partial charge >= 0.3 is 6.03 Å². The number of rotatable bonds is 4. The highest BCUT2D eigenvalue weighted by Gasteiger charge is 2.27. The highest BCUT2D eigenvalue weighted by atomic mass is 19.1. The molecule has 0 saturated carbocycles. The maximum absolute atomic E-state index is 12.9. The predicted octanol–water partition coefficient (Wildman–Crippen LogP) is 2.03. The fourth-order valence-electron chi connectivity index (χ4n) is 3.41. The number of halogens is 1. The molecule has 1 atom stereocenters. The maximum Gasteiger partial charge on any atom is 0.319 e. The monoisotopic (exact) mass is 348 g/mol. The van der Waals surface area contributed by atoms with Crippen LogP contribution in [0.2, 0.25) is 0 Å². The standard InChI is InChI=1S/C18H25FN4O2/c19-14-4-6-15(7-5-14)20-18(25)21-16-8-11-22(12-16)13-17(24)23-9-2-1-3-10-23/h4-7,16H,1-3,8-13H2,(H2,20,21,25)/t16-/m0/s1. The number of nitrogens with one attached hydrogen (secondary N) is 2. The van der Waals surface area contributed by atoms with Gasteiger partial charge in [-0.1, -0.05) is 0 Å². The SMILES string of the molecule is O=C(Nc1ccc(F)cc1)N[C@H]1CCN(CC(=O)N2CCCCC2)C1. The van der Waals surface area contributed by atoms with Gasteiger partial charge in [0.05, 0.1) is 6.54 Å². The van der Waals surface area contributed by atoms with Gasteiger partial charge < -0.3 is 15.5 Å². The molecule has 2 aliphatic heterocycles. The Labute approximate surface area is 147 Å². The number of amides is 3. The molecule has 0 aromatic heterocycles. The quantitative estimate of drug-likeness (QED) is 0.875.